The van der Waals surface area contributed by atoms with E-state index in [1.165, 1.54) is 5.56 Å². The molecule has 4 heterocycles. The van der Waals surface area contributed by atoms with E-state index in [4.69, 9.17) is 0 Å². The second-order valence-electron chi connectivity index (χ2n) is 6.84. The molecule has 2 saturated heterocycles. The van der Waals surface area contributed by atoms with Crippen LogP contribution in [0.15, 0.2) is 12.3 Å². The molecule has 5 nitrogen and oxygen atoms in total. The summed E-state index contributed by atoms with van der Waals surface area (Å²) in [6.45, 7) is 10.2. The summed E-state index contributed by atoms with van der Waals surface area (Å²) < 4.78 is 0. The number of hydrogen-bond donors (Lipinski definition) is 1. The molecule has 1 unspecified atom stereocenters. The minimum atomic E-state index is 0.188. The number of fused-ring (bicyclic) bond motifs is 1. The van der Waals surface area contributed by atoms with E-state index in [9.17, 15) is 4.79 Å². The van der Waals surface area contributed by atoms with Gasteiger partial charge in [0.2, 0.25) is 0 Å². The van der Waals surface area contributed by atoms with Crippen LogP contribution in [0.25, 0.3) is 10.2 Å². The predicted molar refractivity (Wildman–Crippen MR) is 97.8 cm³/mol. The monoisotopic (exact) mass is 344 g/mol. The van der Waals surface area contributed by atoms with Crippen molar-refractivity contribution in [2.45, 2.75) is 26.3 Å². The molecule has 0 saturated carbocycles. The van der Waals surface area contributed by atoms with E-state index in [0.717, 1.165) is 66.3 Å². The van der Waals surface area contributed by atoms with Crippen molar-refractivity contribution in [1.29, 1.82) is 0 Å². The fourth-order valence-electron chi connectivity index (χ4n) is 3.97. The molecular formula is C18H24N4OS. The van der Waals surface area contributed by atoms with Gasteiger partial charge in [-0.1, -0.05) is 0 Å². The Bertz CT molecular complexity index is 766. The number of nitrogens with zero attached hydrogens (tertiary/aromatic N) is 3. The summed E-state index contributed by atoms with van der Waals surface area (Å²) in [5.74, 6) is 0.188. The lowest BCUT2D eigenvalue weighted by atomic mass is 10.1. The molecular weight excluding hydrogens is 320 g/mol. The van der Waals surface area contributed by atoms with Gasteiger partial charge in [-0.3, -0.25) is 9.69 Å². The Morgan fingerprint density at radius 2 is 2.08 bits per heavy atom. The highest BCUT2D eigenvalue weighted by Gasteiger charge is 2.32. The first-order valence-corrected chi connectivity index (χ1v) is 9.55. The van der Waals surface area contributed by atoms with Crippen molar-refractivity contribution in [2.75, 3.05) is 39.3 Å². The molecule has 0 spiro atoms. The number of thiophene rings is 1. The van der Waals surface area contributed by atoms with E-state index in [1.54, 1.807) is 11.3 Å². The summed E-state index contributed by atoms with van der Waals surface area (Å²) in [4.78, 5) is 23.9. The number of piperazine rings is 1. The summed E-state index contributed by atoms with van der Waals surface area (Å²) in [6, 6.07) is 2.54. The maximum atomic E-state index is 13.1. The van der Waals surface area contributed by atoms with Crippen LogP contribution in [0.3, 0.4) is 0 Å². The van der Waals surface area contributed by atoms with Gasteiger partial charge in [0.15, 0.2) is 0 Å². The zero-order chi connectivity index (χ0) is 16.7. The van der Waals surface area contributed by atoms with Crippen LogP contribution in [0.5, 0.6) is 0 Å². The first-order chi connectivity index (χ1) is 11.6. The summed E-state index contributed by atoms with van der Waals surface area (Å²) in [7, 11) is 0. The lowest BCUT2D eigenvalue weighted by Gasteiger charge is -2.32. The third-order valence-corrected chi connectivity index (χ3v) is 6.54. The van der Waals surface area contributed by atoms with E-state index < -0.39 is 0 Å². The lowest BCUT2D eigenvalue weighted by Crippen LogP contribution is -2.49. The van der Waals surface area contributed by atoms with Crippen LogP contribution < -0.4 is 5.32 Å². The minimum absolute atomic E-state index is 0.188. The highest BCUT2D eigenvalue weighted by molar-refractivity contribution is 7.20. The van der Waals surface area contributed by atoms with Gasteiger partial charge < -0.3 is 10.2 Å². The topological polar surface area (TPSA) is 48.5 Å². The highest BCUT2D eigenvalue weighted by atomic mass is 32.1. The average molecular weight is 344 g/mol. The van der Waals surface area contributed by atoms with Gasteiger partial charge in [-0.2, -0.15) is 0 Å². The molecule has 1 amide bonds. The number of pyridine rings is 1. The van der Waals surface area contributed by atoms with Crippen molar-refractivity contribution in [1.82, 2.24) is 20.1 Å². The maximum absolute atomic E-state index is 13.1. The molecule has 128 valence electrons. The molecule has 0 bridgehead atoms. The number of likely N-dealkylation sites (tertiary alicyclic amines) is 1. The van der Waals surface area contributed by atoms with Crippen LogP contribution in [-0.2, 0) is 0 Å². The van der Waals surface area contributed by atoms with Crippen molar-refractivity contribution in [3.63, 3.8) is 0 Å². The quantitative estimate of drug-likeness (QED) is 0.906. The molecule has 1 atom stereocenters. The summed E-state index contributed by atoms with van der Waals surface area (Å²) in [6.07, 6.45) is 2.92. The Labute approximate surface area is 146 Å². The third-order valence-electron chi connectivity index (χ3n) is 5.35. The Kier molecular flexibility index (Phi) is 4.28. The van der Waals surface area contributed by atoms with E-state index in [1.807, 2.05) is 17.2 Å². The predicted octanol–water partition coefficient (Wildman–Crippen LogP) is 2.03. The normalized spacial score (nSPS) is 22.4. The minimum Gasteiger partial charge on any atom is -0.336 e. The molecule has 6 heteroatoms. The summed E-state index contributed by atoms with van der Waals surface area (Å²) in [5, 5.41) is 4.55. The fourth-order valence-corrected chi connectivity index (χ4v) is 5.17. The number of aromatic nitrogens is 1. The molecule has 0 aliphatic carbocycles. The SMILES string of the molecule is Cc1ccnc2sc(C(=O)N3CCC(N4CCNCC4)C3)c(C)c12. The second kappa shape index (κ2) is 6.43. The van der Waals surface area contributed by atoms with E-state index in [-0.39, 0.29) is 5.91 Å². The van der Waals surface area contributed by atoms with Crippen LogP contribution in [0.1, 0.15) is 27.2 Å². The van der Waals surface area contributed by atoms with Gasteiger partial charge in [0.25, 0.3) is 5.91 Å². The van der Waals surface area contributed by atoms with Gasteiger partial charge in [0.1, 0.15) is 4.83 Å². The zero-order valence-corrected chi connectivity index (χ0v) is 15.2. The van der Waals surface area contributed by atoms with Crippen LogP contribution >= 0.6 is 11.3 Å². The molecule has 2 aromatic rings. The van der Waals surface area contributed by atoms with Gasteiger partial charge in [-0.15, -0.1) is 11.3 Å². The summed E-state index contributed by atoms with van der Waals surface area (Å²) >= 11 is 1.54. The molecule has 0 radical (unpaired) electrons. The van der Waals surface area contributed by atoms with Gasteiger partial charge in [-0.25, -0.2) is 4.98 Å². The van der Waals surface area contributed by atoms with Gasteiger partial charge in [0.05, 0.1) is 4.88 Å². The fraction of sp³-hybridized carbons (Fsp3) is 0.556. The first-order valence-electron chi connectivity index (χ1n) is 8.74. The van der Waals surface area contributed by atoms with E-state index in [0.29, 0.717) is 6.04 Å². The molecule has 1 N–H and O–H groups in total. The Hall–Kier alpha value is -1.50. The van der Waals surface area contributed by atoms with E-state index in [2.05, 4.69) is 29.0 Å². The number of nitrogens with one attached hydrogen (secondary N) is 1. The number of hydrogen-bond acceptors (Lipinski definition) is 5. The highest BCUT2D eigenvalue weighted by Crippen LogP contribution is 2.33. The second-order valence-corrected chi connectivity index (χ2v) is 7.84. The van der Waals surface area contributed by atoms with Gasteiger partial charge >= 0.3 is 0 Å². The van der Waals surface area contributed by atoms with Crippen molar-refractivity contribution in [2.24, 2.45) is 0 Å². The van der Waals surface area contributed by atoms with Crippen molar-refractivity contribution in [3.8, 4) is 0 Å². The van der Waals surface area contributed by atoms with Crippen LogP contribution in [0.4, 0.5) is 0 Å². The largest absolute Gasteiger partial charge is 0.336 e. The zero-order valence-electron chi connectivity index (χ0n) is 14.3. The average Bonchev–Trinajstić information content (AvgIpc) is 3.21. The Balaban J connectivity index is 1.54. The number of carbonyl (C=O) groups excluding carboxylic acids is 1. The molecule has 4 rings (SSSR count). The number of carbonyl (C=O) groups is 1. The van der Waals surface area contributed by atoms with Crippen molar-refractivity contribution < 1.29 is 4.79 Å². The first kappa shape index (κ1) is 16.0. The van der Waals surface area contributed by atoms with E-state index >= 15 is 0 Å². The Morgan fingerprint density at radius 3 is 2.83 bits per heavy atom. The standard InChI is InChI=1S/C18H24N4OS/c1-12-3-5-20-17-15(12)13(2)16(24-17)18(23)22-8-4-14(11-22)21-9-6-19-7-10-21/h3,5,14,19H,4,6-11H2,1-2H3. The van der Waals surface area contributed by atoms with Crippen molar-refractivity contribution in [3.05, 3.63) is 28.3 Å². The number of rotatable bonds is 2. The Morgan fingerprint density at radius 1 is 1.29 bits per heavy atom. The van der Waals surface area contributed by atoms with Crippen molar-refractivity contribution >= 4 is 27.5 Å². The smallest absolute Gasteiger partial charge is 0.264 e. The number of amides is 1. The van der Waals surface area contributed by atoms with Gasteiger partial charge in [0, 0.05) is 56.9 Å². The summed E-state index contributed by atoms with van der Waals surface area (Å²) in [5.41, 5.74) is 2.30. The molecule has 24 heavy (non-hydrogen) atoms. The molecule has 0 aromatic carbocycles. The lowest BCUT2D eigenvalue weighted by molar-refractivity contribution is 0.0777. The van der Waals surface area contributed by atoms with Crippen LogP contribution in [0, 0.1) is 13.8 Å². The maximum Gasteiger partial charge on any atom is 0.264 e. The van der Waals surface area contributed by atoms with Crippen LogP contribution in [-0.4, -0.2) is 66.0 Å². The van der Waals surface area contributed by atoms with Crippen LogP contribution in [0.2, 0.25) is 0 Å². The number of aryl methyl sites for hydroxylation is 2. The molecule has 2 fully saturated rings. The van der Waals surface area contributed by atoms with Gasteiger partial charge in [-0.05, 0) is 37.5 Å². The molecule has 2 aromatic heterocycles. The third kappa shape index (κ3) is 2.72. The molecule has 2 aliphatic heterocycles. The molecule has 2 aliphatic rings.